The van der Waals surface area contributed by atoms with Gasteiger partial charge in [-0.2, -0.15) is 4.98 Å². The molecule has 0 spiro atoms. The summed E-state index contributed by atoms with van der Waals surface area (Å²) in [5, 5.41) is 4.00. The second kappa shape index (κ2) is 6.84. The zero-order chi connectivity index (χ0) is 20.0. The molecule has 2 aliphatic rings. The number of hydrogen-bond donors (Lipinski definition) is 0. The SMILES string of the molecule is O=C1CCC(c2nc(-c3ccc4c(c3)OCO4)no2)N1Cc1cc(F)ccc1F. The lowest BCUT2D eigenvalue weighted by molar-refractivity contribution is -0.130. The molecule has 0 bridgehead atoms. The topological polar surface area (TPSA) is 77.7 Å². The minimum atomic E-state index is -0.573. The highest BCUT2D eigenvalue weighted by Crippen LogP contribution is 2.37. The lowest BCUT2D eigenvalue weighted by atomic mass is 10.1. The van der Waals surface area contributed by atoms with E-state index in [-0.39, 0.29) is 37.1 Å². The van der Waals surface area contributed by atoms with Gasteiger partial charge in [0.2, 0.25) is 24.4 Å². The number of fused-ring (bicyclic) bond motifs is 1. The van der Waals surface area contributed by atoms with Crippen molar-refractivity contribution in [2.45, 2.75) is 25.4 Å². The maximum absolute atomic E-state index is 14.0. The average molecular weight is 399 g/mol. The Balaban J connectivity index is 1.41. The molecule has 3 aromatic rings. The van der Waals surface area contributed by atoms with E-state index in [9.17, 15) is 13.6 Å². The molecule has 1 amide bonds. The van der Waals surface area contributed by atoms with E-state index in [0.29, 0.717) is 29.3 Å². The second-order valence-electron chi connectivity index (χ2n) is 6.84. The van der Waals surface area contributed by atoms with Crippen molar-refractivity contribution in [2.24, 2.45) is 0 Å². The highest BCUT2D eigenvalue weighted by Gasteiger charge is 2.36. The normalized spacial score (nSPS) is 17.9. The summed E-state index contributed by atoms with van der Waals surface area (Å²) in [4.78, 5) is 18.2. The number of aromatic nitrogens is 2. The Labute approximate surface area is 163 Å². The molecular weight excluding hydrogens is 384 g/mol. The van der Waals surface area contributed by atoms with Crippen LogP contribution in [0.1, 0.15) is 30.3 Å². The number of rotatable bonds is 4. The number of likely N-dealkylation sites (tertiary alicyclic amines) is 1. The van der Waals surface area contributed by atoms with E-state index in [1.807, 2.05) is 0 Å². The van der Waals surface area contributed by atoms with Gasteiger partial charge in [-0.1, -0.05) is 5.16 Å². The number of halogens is 2. The van der Waals surface area contributed by atoms with Gasteiger partial charge in [-0.15, -0.1) is 0 Å². The highest BCUT2D eigenvalue weighted by molar-refractivity contribution is 5.79. The molecule has 29 heavy (non-hydrogen) atoms. The van der Waals surface area contributed by atoms with Crippen LogP contribution in [-0.4, -0.2) is 27.7 Å². The molecule has 0 aliphatic carbocycles. The Morgan fingerprint density at radius 2 is 1.97 bits per heavy atom. The molecule has 0 saturated carbocycles. The van der Waals surface area contributed by atoms with Crippen LogP contribution in [0.4, 0.5) is 8.78 Å². The third-order valence-electron chi connectivity index (χ3n) is 5.03. The maximum Gasteiger partial charge on any atom is 0.249 e. The van der Waals surface area contributed by atoms with Gasteiger partial charge in [0, 0.05) is 24.1 Å². The molecule has 1 unspecified atom stereocenters. The Morgan fingerprint density at radius 3 is 2.86 bits per heavy atom. The molecule has 148 valence electrons. The Hall–Kier alpha value is -3.49. The first-order valence-corrected chi connectivity index (χ1v) is 9.05. The Bertz CT molecular complexity index is 1100. The maximum atomic E-state index is 14.0. The predicted octanol–water partition coefficient (Wildman–Crippen LogP) is 3.61. The quantitative estimate of drug-likeness (QED) is 0.667. The van der Waals surface area contributed by atoms with Gasteiger partial charge in [-0.3, -0.25) is 4.79 Å². The summed E-state index contributed by atoms with van der Waals surface area (Å²) < 4.78 is 43.6. The summed E-state index contributed by atoms with van der Waals surface area (Å²) in [5.41, 5.74) is 0.775. The Morgan fingerprint density at radius 1 is 1.10 bits per heavy atom. The molecule has 1 saturated heterocycles. The largest absolute Gasteiger partial charge is 0.454 e. The van der Waals surface area contributed by atoms with Gasteiger partial charge in [0.05, 0.1) is 0 Å². The van der Waals surface area contributed by atoms with E-state index in [2.05, 4.69) is 10.1 Å². The van der Waals surface area contributed by atoms with Crippen molar-refractivity contribution >= 4 is 5.91 Å². The molecule has 2 aliphatic heterocycles. The minimum absolute atomic E-state index is 0.0746. The van der Waals surface area contributed by atoms with Gasteiger partial charge in [0.15, 0.2) is 11.5 Å². The van der Waals surface area contributed by atoms with Crippen molar-refractivity contribution in [3.63, 3.8) is 0 Å². The van der Waals surface area contributed by atoms with Crippen LogP contribution in [0.3, 0.4) is 0 Å². The molecule has 7 nitrogen and oxygen atoms in total. The van der Waals surface area contributed by atoms with Crippen LogP contribution < -0.4 is 9.47 Å². The number of hydrogen-bond acceptors (Lipinski definition) is 6. The van der Waals surface area contributed by atoms with Gasteiger partial charge >= 0.3 is 0 Å². The summed E-state index contributed by atoms with van der Waals surface area (Å²) in [7, 11) is 0. The zero-order valence-electron chi connectivity index (χ0n) is 15.1. The molecule has 5 rings (SSSR count). The first-order valence-electron chi connectivity index (χ1n) is 9.05. The van der Waals surface area contributed by atoms with Crippen molar-refractivity contribution < 1.29 is 27.6 Å². The van der Waals surface area contributed by atoms with E-state index < -0.39 is 17.7 Å². The zero-order valence-corrected chi connectivity index (χ0v) is 15.1. The monoisotopic (exact) mass is 399 g/mol. The van der Waals surface area contributed by atoms with E-state index in [4.69, 9.17) is 14.0 Å². The number of ether oxygens (including phenoxy) is 2. The molecule has 0 N–H and O–H groups in total. The van der Waals surface area contributed by atoms with E-state index in [0.717, 1.165) is 18.2 Å². The fourth-order valence-corrected chi connectivity index (χ4v) is 3.56. The lowest BCUT2D eigenvalue weighted by Gasteiger charge is -2.22. The molecule has 1 aromatic heterocycles. The number of benzene rings is 2. The first kappa shape index (κ1) is 17.6. The summed E-state index contributed by atoms with van der Waals surface area (Å²) in [6.07, 6.45) is 0.724. The Kier molecular flexibility index (Phi) is 4.15. The van der Waals surface area contributed by atoms with Crippen LogP contribution >= 0.6 is 0 Å². The first-order chi connectivity index (χ1) is 14.1. The van der Waals surface area contributed by atoms with Crippen LogP contribution in [0.5, 0.6) is 11.5 Å². The third-order valence-corrected chi connectivity index (χ3v) is 5.03. The number of amides is 1. The van der Waals surface area contributed by atoms with Gasteiger partial charge < -0.3 is 18.9 Å². The van der Waals surface area contributed by atoms with Crippen molar-refractivity contribution in [1.29, 1.82) is 0 Å². The summed E-state index contributed by atoms with van der Waals surface area (Å²) in [6.45, 7) is 0.0842. The standard InChI is InChI=1S/C20H15F2N3O4/c21-13-2-3-14(22)12(7-13)9-25-15(4-6-18(25)26)20-23-19(24-29-20)11-1-5-16-17(8-11)28-10-27-16/h1-3,5,7-8,15H,4,6,9-10H2. The van der Waals surface area contributed by atoms with Crippen LogP contribution in [0.15, 0.2) is 40.9 Å². The van der Waals surface area contributed by atoms with E-state index in [1.165, 1.54) is 4.90 Å². The summed E-state index contributed by atoms with van der Waals surface area (Å²) in [6, 6.07) is 7.96. The summed E-state index contributed by atoms with van der Waals surface area (Å²) >= 11 is 0. The van der Waals surface area contributed by atoms with Gasteiger partial charge in [0.25, 0.3) is 0 Å². The molecular formula is C20H15F2N3O4. The van der Waals surface area contributed by atoms with E-state index in [1.54, 1.807) is 18.2 Å². The fourth-order valence-electron chi connectivity index (χ4n) is 3.56. The molecule has 1 fully saturated rings. The highest BCUT2D eigenvalue weighted by atomic mass is 19.1. The van der Waals surface area contributed by atoms with Crippen LogP contribution in [-0.2, 0) is 11.3 Å². The van der Waals surface area contributed by atoms with Crippen molar-refractivity contribution in [1.82, 2.24) is 15.0 Å². The van der Waals surface area contributed by atoms with Crippen molar-refractivity contribution in [2.75, 3.05) is 6.79 Å². The minimum Gasteiger partial charge on any atom is -0.454 e. The predicted molar refractivity (Wildman–Crippen MR) is 94.7 cm³/mol. The molecule has 1 atom stereocenters. The molecule has 9 heteroatoms. The number of carbonyl (C=O) groups is 1. The number of nitrogens with zero attached hydrogens (tertiary/aromatic N) is 3. The van der Waals surface area contributed by atoms with Crippen molar-refractivity contribution in [3.8, 4) is 22.9 Å². The molecule has 0 radical (unpaired) electrons. The van der Waals surface area contributed by atoms with E-state index >= 15 is 0 Å². The lowest BCUT2D eigenvalue weighted by Crippen LogP contribution is -2.27. The second-order valence-corrected chi connectivity index (χ2v) is 6.84. The summed E-state index contributed by atoms with van der Waals surface area (Å²) in [5.74, 6) is 0.510. The van der Waals surface area contributed by atoms with Crippen LogP contribution in [0, 0.1) is 11.6 Å². The number of carbonyl (C=O) groups excluding carboxylic acids is 1. The smallest absolute Gasteiger partial charge is 0.249 e. The van der Waals surface area contributed by atoms with Crippen LogP contribution in [0.2, 0.25) is 0 Å². The molecule has 2 aromatic carbocycles. The average Bonchev–Trinajstić information content (AvgIpc) is 3.44. The fraction of sp³-hybridized carbons (Fsp3) is 0.250. The van der Waals surface area contributed by atoms with Gasteiger partial charge in [-0.25, -0.2) is 8.78 Å². The van der Waals surface area contributed by atoms with Gasteiger partial charge in [0.1, 0.15) is 17.7 Å². The molecule has 3 heterocycles. The van der Waals surface area contributed by atoms with Crippen LogP contribution in [0.25, 0.3) is 11.4 Å². The van der Waals surface area contributed by atoms with Gasteiger partial charge in [-0.05, 0) is 42.8 Å². The van der Waals surface area contributed by atoms with Crippen molar-refractivity contribution in [3.05, 3.63) is 59.5 Å². The third kappa shape index (κ3) is 3.18.